The first-order chi connectivity index (χ1) is 14.6. The molecule has 8 nitrogen and oxygen atoms in total. The number of hydrogen-bond acceptors (Lipinski definition) is 8. The van der Waals surface area contributed by atoms with Crippen molar-refractivity contribution in [1.29, 1.82) is 5.26 Å². The van der Waals surface area contributed by atoms with E-state index in [1.807, 2.05) is 18.2 Å². The van der Waals surface area contributed by atoms with Gasteiger partial charge in [-0.1, -0.05) is 0 Å². The number of nitrogens with one attached hydrogen (secondary N) is 2. The minimum absolute atomic E-state index is 0.194. The van der Waals surface area contributed by atoms with Crippen molar-refractivity contribution in [3.8, 4) is 28.1 Å². The number of hydrogen-bond donors (Lipinski definition) is 2. The van der Waals surface area contributed by atoms with Crippen molar-refractivity contribution in [1.82, 2.24) is 15.3 Å². The molecule has 2 aromatic heterocycles. The molecule has 1 aromatic carbocycles. The van der Waals surface area contributed by atoms with Gasteiger partial charge in [0.25, 0.3) is 5.91 Å². The number of benzene rings is 1. The number of amides is 1. The molecule has 0 spiro atoms. The van der Waals surface area contributed by atoms with Crippen LogP contribution in [0.25, 0.3) is 10.6 Å². The van der Waals surface area contributed by atoms with E-state index in [1.54, 1.807) is 39.5 Å². The highest BCUT2D eigenvalue weighted by Crippen LogP contribution is 2.34. The van der Waals surface area contributed by atoms with Gasteiger partial charge >= 0.3 is 0 Å². The molecule has 9 heteroatoms. The summed E-state index contributed by atoms with van der Waals surface area (Å²) >= 11 is 1.32. The zero-order chi connectivity index (χ0) is 21.5. The lowest BCUT2D eigenvalue weighted by atomic mass is 10.2. The van der Waals surface area contributed by atoms with Crippen molar-refractivity contribution in [3.63, 3.8) is 0 Å². The lowest BCUT2D eigenvalue weighted by Crippen LogP contribution is -2.28. The number of aromatic nitrogens is 2. The Kier molecular flexibility index (Phi) is 6.83. The van der Waals surface area contributed by atoms with Gasteiger partial charge < -0.3 is 20.1 Å². The molecule has 3 aromatic rings. The van der Waals surface area contributed by atoms with Crippen LogP contribution >= 0.6 is 11.3 Å². The second kappa shape index (κ2) is 9.71. The van der Waals surface area contributed by atoms with Crippen LogP contribution in [0.4, 0.5) is 5.82 Å². The van der Waals surface area contributed by atoms with Gasteiger partial charge in [0, 0.05) is 24.8 Å². The van der Waals surface area contributed by atoms with Gasteiger partial charge in [0.2, 0.25) is 0 Å². The maximum Gasteiger partial charge on any atom is 0.263 e. The maximum atomic E-state index is 12.6. The lowest BCUT2D eigenvalue weighted by molar-refractivity contribution is 0.0958. The van der Waals surface area contributed by atoms with Crippen LogP contribution in [0.2, 0.25) is 0 Å². The Morgan fingerprint density at radius 2 is 2.00 bits per heavy atom. The van der Waals surface area contributed by atoms with Crippen LogP contribution in [0.1, 0.15) is 20.9 Å². The molecular formula is C21H21N5O3S. The van der Waals surface area contributed by atoms with Crippen LogP contribution < -0.4 is 20.1 Å². The summed E-state index contributed by atoms with van der Waals surface area (Å²) in [6.45, 7) is 2.63. The third kappa shape index (κ3) is 4.67. The monoisotopic (exact) mass is 423 g/mol. The van der Waals surface area contributed by atoms with Gasteiger partial charge in [-0.05, 0) is 37.3 Å². The second-order valence-electron chi connectivity index (χ2n) is 6.20. The summed E-state index contributed by atoms with van der Waals surface area (Å²) in [7, 11) is 3.16. The first-order valence-corrected chi connectivity index (χ1v) is 9.96. The molecule has 30 heavy (non-hydrogen) atoms. The number of carbonyl (C=O) groups is 1. The van der Waals surface area contributed by atoms with Crippen LogP contribution in [-0.4, -0.2) is 43.2 Å². The minimum Gasteiger partial charge on any atom is -0.493 e. The predicted octanol–water partition coefficient (Wildman–Crippen LogP) is 3.24. The van der Waals surface area contributed by atoms with E-state index < -0.39 is 0 Å². The highest BCUT2D eigenvalue weighted by atomic mass is 32.1. The quantitative estimate of drug-likeness (QED) is 0.535. The van der Waals surface area contributed by atoms with Gasteiger partial charge in [0.05, 0.1) is 25.5 Å². The minimum atomic E-state index is -0.194. The Labute approximate surface area is 178 Å². The molecule has 0 aliphatic rings. The Morgan fingerprint density at radius 3 is 2.73 bits per heavy atom. The van der Waals surface area contributed by atoms with E-state index in [0.29, 0.717) is 46.5 Å². The molecule has 2 N–H and O–H groups in total. The zero-order valence-corrected chi connectivity index (χ0v) is 17.7. The van der Waals surface area contributed by atoms with Crippen LogP contribution in [0.3, 0.4) is 0 Å². The number of thiazole rings is 1. The summed E-state index contributed by atoms with van der Waals surface area (Å²) in [5.74, 6) is 1.54. The number of pyridine rings is 1. The molecule has 0 aliphatic carbocycles. The fourth-order valence-corrected chi connectivity index (χ4v) is 3.75. The van der Waals surface area contributed by atoms with Crippen LogP contribution in [0, 0.1) is 18.3 Å². The zero-order valence-electron chi connectivity index (χ0n) is 16.9. The number of nitrogens with zero attached hydrogens (tertiary/aromatic N) is 3. The maximum absolute atomic E-state index is 12.6. The van der Waals surface area contributed by atoms with Crippen LogP contribution in [0.5, 0.6) is 11.5 Å². The molecular weight excluding hydrogens is 402 g/mol. The molecule has 0 atom stereocenters. The first kappa shape index (κ1) is 21.1. The number of aryl methyl sites for hydroxylation is 1. The van der Waals surface area contributed by atoms with Gasteiger partial charge in [-0.25, -0.2) is 9.97 Å². The molecule has 3 rings (SSSR count). The van der Waals surface area contributed by atoms with Gasteiger partial charge in [0.15, 0.2) is 11.5 Å². The normalized spacial score (nSPS) is 10.2. The van der Waals surface area contributed by atoms with Crippen molar-refractivity contribution in [2.75, 3.05) is 32.6 Å². The van der Waals surface area contributed by atoms with E-state index in [2.05, 4.69) is 26.7 Å². The standard InChI is InChI=1S/C21H21N5O3S/c1-13-18(20(27)25-10-9-24-19-15(12-22)5-4-8-23-19)30-21(26-13)14-6-7-16(28-2)17(11-14)29-3/h4-8,11H,9-10H2,1-3H3,(H,23,24)(H,25,27). The fourth-order valence-electron chi connectivity index (χ4n) is 2.77. The Bertz CT molecular complexity index is 1090. The van der Waals surface area contributed by atoms with Crippen molar-refractivity contribution in [2.45, 2.75) is 6.92 Å². The Balaban J connectivity index is 1.64. The third-order valence-corrected chi connectivity index (χ3v) is 5.47. The van der Waals surface area contributed by atoms with Crippen molar-refractivity contribution in [3.05, 3.63) is 52.7 Å². The van der Waals surface area contributed by atoms with Crippen LogP contribution in [-0.2, 0) is 0 Å². The van der Waals surface area contributed by atoms with Gasteiger partial charge in [0.1, 0.15) is 21.8 Å². The van der Waals surface area contributed by atoms with E-state index in [0.717, 1.165) is 10.6 Å². The van der Waals surface area contributed by atoms with Gasteiger partial charge in [-0.15, -0.1) is 11.3 Å². The average molecular weight is 423 g/mol. The number of anilines is 1. The van der Waals surface area contributed by atoms with Crippen molar-refractivity contribution >= 4 is 23.1 Å². The van der Waals surface area contributed by atoms with E-state index in [-0.39, 0.29) is 5.91 Å². The average Bonchev–Trinajstić information content (AvgIpc) is 3.18. The molecule has 0 radical (unpaired) electrons. The SMILES string of the molecule is COc1ccc(-c2nc(C)c(C(=O)NCCNc3ncccc3C#N)s2)cc1OC. The summed E-state index contributed by atoms with van der Waals surface area (Å²) in [6.07, 6.45) is 1.61. The Hall–Kier alpha value is -3.64. The van der Waals surface area contributed by atoms with Crippen molar-refractivity contribution in [2.24, 2.45) is 0 Å². The van der Waals surface area contributed by atoms with E-state index in [1.165, 1.54) is 11.3 Å². The molecule has 154 valence electrons. The first-order valence-electron chi connectivity index (χ1n) is 9.14. The number of nitriles is 1. The van der Waals surface area contributed by atoms with E-state index in [4.69, 9.17) is 14.7 Å². The summed E-state index contributed by atoms with van der Waals surface area (Å²) in [5, 5.41) is 15.7. The molecule has 1 amide bonds. The summed E-state index contributed by atoms with van der Waals surface area (Å²) in [5.41, 5.74) is 1.97. The molecule has 0 saturated heterocycles. The van der Waals surface area contributed by atoms with Crippen molar-refractivity contribution < 1.29 is 14.3 Å². The number of carbonyl (C=O) groups excluding carboxylic acids is 1. The second-order valence-corrected chi connectivity index (χ2v) is 7.20. The fraction of sp³-hybridized carbons (Fsp3) is 0.238. The Morgan fingerprint density at radius 1 is 1.20 bits per heavy atom. The molecule has 0 saturated carbocycles. The lowest BCUT2D eigenvalue weighted by Gasteiger charge is -2.08. The molecule has 2 heterocycles. The molecule has 0 aliphatic heterocycles. The smallest absolute Gasteiger partial charge is 0.263 e. The summed E-state index contributed by atoms with van der Waals surface area (Å²) in [4.78, 5) is 21.8. The highest BCUT2D eigenvalue weighted by molar-refractivity contribution is 7.17. The predicted molar refractivity (Wildman–Crippen MR) is 115 cm³/mol. The topological polar surface area (TPSA) is 109 Å². The highest BCUT2D eigenvalue weighted by Gasteiger charge is 2.17. The molecule has 0 fully saturated rings. The number of methoxy groups -OCH3 is 2. The van der Waals surface area contributed by atoms with Crippen LogP contribution in [0.15, 0.2) is 36.5 Å². The van der Waals surface area contributed by atoms with Gasteiger partial charge in [-0.3, -0.25) is 4.79 Å². The number of ether oxygens (including phenoxy) is 2. The summed E-state index contributed by atoms with van der Waals surface area (Å²) in [6, 6.07) is 11.0. The third-order valence-electron chi connectivity index (χ3n) is 4.26. The number of rotatable bonds is 8. The largest absolute Gasteiger partial charge is 0.493 e. The molecule has 0 bridgehead atoms. The van der Waals surface area contributed by atoms with E-state index >= 15 is 0 Å². The van der Waals surface area contributed by atoms with Gasteiger partial charge in [-0.2, -0.15) is 5.26 Å². The summed E-state index contributed by atoms with van der Waals surface area (Å²) < 4.78 is 10.6. The van der Waals surface area contributed by atoms with E-state index in [9.17, 15) is 4.79 Å². The molecule has 0 unspecified atom stereocenters.